The Morgan fingerprint density at radius 3 is 1.96 bits per heavy atom. The van der Waals surface area contributed by atoms with Crippen molar-refractivity contribution < 1.29 is 9.90 Å². The summed E-state index contributed by atoms with van der Waals surface area (Å²) < 4.78 is 0. The van der Waals surface area contributed by atoms with Gasteiger partial charge in [0, 0.05) is 16.6 Å². The van der Waals surface area contributed by atoms with Crippen LogP contribution in [0.25, 0.3) is 5.57 Å². The summed E-state index contributed by atoms with van der Waals surface area (Å²) in [4.78, 5) is 12.6. The minimum absolute atomic E-state index is 0.146. The van der Waals surface area contributed by atoms with Gasteiger partial charge in [-0.05, 0) is 32.4 Å². The van der Waals surface area contributed by atoms with Gasteiger partial charge in [-0.3, -0.25) is 4.79 Å². The molecule has 1 unspecified atom stereocenters. The molecule has 2 aromatic carbocycles. The fourth-order valence-electron chi connectivity index (χ4n) is 2.18. The van der Waals surface area contributed by atoms with Crippen molar-refractivity contribution >= 4 is 11.4 Å². The fraction of sp³-hybridized carbons (Fsp3) is 0.227. The maximum atomic E-state index is 12.6. The molecule has 0 saturated carbocycles. The molecule has 0 fully saturated rings. The smallest absolute Gasteiger partial charge is 0.195 e. The van der Waals surface area contributed by atoms with Crippen LogP contribution in [0.5, 0.6) is 0 Å². The first-order valence-corrected chi connectivity index (χ1v) is 7.94. The highest BCUT2D eigenvalue weighted by Crippen LogP contribution is 2.21. The summed E-state index contributed by atoms with van der Waals surface area (Å²) in [6, 6.07) is 18.2. The van der Waals surface area contributed by atoms with Crippen molar-refractivity contribution in [1.82, 2.24) is 0 Å². The lowest BCUT2D eigenvalue weighted by Crippen LogP contribution is -2.22. The van der Waals surface area contributed by atoms with E-state index in [2.05, 4.69) is 11.8 Å². The lowest BCUT2D eigenvalue weighted by molar-refractivity contribution is 0.0833. The molecule has 0 heterocycles. The fourth-order valence-corrected chi connectivity index (χ4v) is 2.18. The Morgan fingerprint density at radius 2 is 1.46 bits per heavy atom. The largest absolute Gasteiger partial charge is 0.380 e. The molecule has 2 nitrogen and oxygen atoms in total. The maximum absolute atomic E-state index is 12.6. The van der Waals surface area contributed by atoms with E-state index in [0.717, 1.165) is 5.56 Å². The topological polar surface area (TPSA) is 37.3 Å². The molecule has 0 radical (unpaired) electrons. The van der Waals surface area contributed by atoms with Crippen molar-refractivity contribution in [3.63, 3.8) is 0 Å². The number of aliphatic hydroxyl groups excluding tert-OH is 1. The minimum Gasteiger partial charge on any atom is -0.380 e. The van der Waals surface area contributed by atoms with Gasteiger partial charge in [0.05, 0.1) is 0 Å². The van der Waals surface area contributed by atoms with Gasteiger partial charge in [-0.1, -0.05) is 72.5 Å². The normalized spacial score (nSPS) is 12.9. The molecule has 0 aromatic heterocycles. The van der Waals surface area contributed by atoms with Crippen molar-refractivity contribution in [3.05, 3.63) is 77.9 Å². The Balaban J connectivity index is 2.40. The molecule has 2 rings (SSSR count). The van der Waals surface area contributed by atoms with Crippen LogP contribution in [0.15, 0.2) is 66.7 Å². The Bertz CT molecular complexity index is 769. The summed E-state index contributed by atoms with van der Waals surface area (Å²) in [5.74, 6) is 5.76. The second-order valence-electron chi connectivity index (χ2n) is 6.62. The number of aliphatic hydroxyl groups is 1. The second-order valence-corrected chi connectivity index (χ2v) is 6.62. The monoisotopic (exact) mass is 318 g/mol. The summed E-state index contributed by atoms with van der Waals surface area (Å²) in [6.07, 6.45) is 0.399. The molecule has 1 atom stereocenters. The number of Topliss-reactive ketones (excluding diaryl/α,β-unsaturated/α-hetero) is 1. The average Bonchev–Trinajstić information content (AvgIpc) is 2.58. The van der Waals surface area contributed by atoms with E-state index in [0.29, 0.717) is 11.1 Å². The summed E-state index contributed by atoms with van der Waals surface area (Å²) >= 11 is 0. The van der Waals surface area contributed by atoms with Crippen LogP contribution in [0.2, 0.25) is 0 Å². The summed E-state index contributed by atoms with van der Waals surface area (Å²) in [5, 5.41) is 10.6. The van der Waals surface area contributed by atoms with Crippen molar-refractivity contribution in [2.45, 2.75) is 26.9 Å². The van der Waals surface area contributed by atoms with Gasteiger partial charge in [0.2, 0.25) is 0 Å². The van der Waals surface area contributed by atoms with Gasteiger partial charge in [-0.25, -0.2) is 0 Å². The lowest BCUT2D eigenvalue weighted by atomic mass is 9.93. The Morgan fingerprint density at radius 1 is 0.958 bits per heavy atom. The van der Waals surface area contributed by atoms with Gasteiger partial charge in [-0.2, -0.15) is 0 Å². The third-order valence-corrected chi connectivity index (χ3v) is 3.38. The highest BCUT2D eigenvalue weighted by atomic mass is 16.3. The molecule has 0 bridgehead atoms. The molecule has 0 aliphatic carbocycles. The Hall–Kier alpha value is -2.63. The van der Waals surface area contributed by atoms with Gasteiger partial charge >= 0.3 is 0 Å². The number of carbonyl (C=O) groups is 1. The zero-order valence-corrected chi connectivity index (χ0v) is 14.3. The standard InChI is InChI=1S/C22H22O2/c1-22(2,3)16-10-15-19(17-11-6-4-7-12-17)21(24)20(23)18-13-8-5-9-14-18/h4-9,11-15,21,24H,1-3H3/b19-15+. The molecule has 2 heteroatoms. The first-order chi connectivity index (χ1) is 11.4. The highest BCUT2D eigenvalue weighted by molar-refractivity contribution is 6.06. The number of ketones is 1. The molecule has 24 heavy (non-hydrogen) atoms. The first-order valence-electron chi connectivity index (χ1n) is 7.94. The van der Waals surface area contributed by atoms with E-state index < -0.39 is 6.10 Å². The van der Waals surface area contributed by atoms with Gasteiger partial charge in [-0.15, -0.1) is 0 Å². The molecule has 0 aliphatic heterocycles. The zero-order valence-electron chi connectivity index (χ0n) is 14.3. The zero-order chi connectivity index (χ0) is 17.6. The number of benzene rings is 2. The average molecular weight is 318 g/mol. The first kappa shape index (κ1) is 17.7. The molecule has 2 aromatic rings. The highest BCUT2D eigenvalue weighted by Gasteiger charge is 2.22. The molecular formula is C22H22O2. The maximum Gasteiger partial charge on any atom is 0.195 e. The molecule has 0 spiro atoms. The summed E-state index contributed by atoms with van der Waals surface area (Å²) in [5.41, 5.74) is 1.64. The van der Waals surface area contributed by atoms with E-state index in [9.17, 15) is 9.90 Å². The van der Waals surface area contributed by atoms with E-state index in [-0.39, 0.29) is 11.2 Å². The number of carbonyl (C=O) groups excluding carboxylic acids is 1. The second kappa shape index (κ2) is 7.77. The van der Waals surface area contributed by atoms with Crippen LogP contribution in [0.1, 0.15) is 36.7 Å². The van der Waals surface area contributed by atoms with Crippen molar-refractivity contribution in [1.29, 1.82) is 0 Å². The van der Waals surface area contributed by atoms with E-state index in [4.69, 9.17) is 0 Å². The number of allylic oxidation sites excluding steroid dienone is 1. The van der Waals surface area contributed by atoms with Gasteiger partial charge in [0.25, 0.3) is 0 Å². The molecular weight excluding hydrogens is 296 g/mol. The van der Waals surface area contributed by atoms with Crippen LogP contribution in [0.4, 0.5) is 0 Å². The molecule has 0 amide bonds. The minimum atomic E-state index is -1.25. The summed E-state index contributed by atoms with van der Waals surface area (Å²) in [6.45, 7) is 6.05. The quantitative estimate of drug-likeness (QED) is 0.671. The van der Waals surface area contributed by atoms with Crippen LogP contribution < -0.4 is 0 Å². The number of hydrogen-bond donors (Lipinski definition) is 1. The van der Waals surface area contributed by atoms with Crippen LogP contribution in [0, 0.1) is 17.3 Å². The van der Waals surface area contributed by atoms with E-state index in [1.165, 1.54) is 0 Å². The number of hydrogen-bond acceptors (Lipinski definition) is 2. The molecule has 0 aliphatic rings. The lowest BCUT2D eigenvalue weighted by Gasteiger charge is -2.14. The van der Waals surface area contributed by atoms with Gasteiger partial charge < -0.3 is 5.11 Å². The molecule has 1 N–H and O–H groups in total. The molecule has 0 saturated heterocycles. The number of rotatable bonds is 4. The van der Waals surface area contributed by atoms with E-state index >= 15 is 0 Å². The van der Waals surface area contributed by atoms with E-state index in [1.807, 2.05) is 57.2 Å². The summed E-state index contributed by atoms with van der Waals surface area (Å²) in [7, 11) is 0. The third kappa shape index (κ3) is 4.94. The Kier molecular flexibility index (Phi) is 5.73. The van der Waals surface area contributed by atoms with Gasteiger partial charge in [0.1, 0.15) is 6.10 Å². The van der Waals surface area contributed by atoms with Crippen LogP contribution in [-0.4, -0.2) is 17.0 Å². The van der Waals surface area contributed by atoms with Crippen molar-refractivity contribution in [3.8, 4) is 11.8 Å². The van der Waals surface area contributed by atoms with Gasteiger partial charge in [0.15, 0.2) is 5.78 Å². The van der Waals surface area contributed by atoms with Crippen LogP contribution >= 0.6 is 0 Å². The van der Waals surface area contributed by atoms with Crippen molar-refractivity contribution in [2.24, 2.45) is 5.41 Å². The predicted octanol–water partition coefficient (Wildman–Crippen LogP) is 4.36. The van der Waals surface area contributed by atoms with Crippen molar-refractivity contribution in [2.75, 3.05) is 0 Å². The van der Waals surface area contributed by atoms with E-state index in [1.54, 1.807) is 30.3 Å². The SMILES string of the molecule is CC(C)(C)C#C/C=C(\c1ccccc1)C(O)C(=O)c1ccccc1. The predicted molar refractivity (Wildman–Crippen MR) is 98.4 cm³/mol. The Labute approximate surface area is 143 Å². The third-order valence-electron chi connectivity index (χ3n) is 3.38. The van der Waals surface area contributed by atoms with Crippen LogP contribution in [-0.2, 0) is 0 Å². The molecule has 122 valence electrons. The van der Waals surface area contributed by atoms with Crippen LogP contribution in [0.3, 0.4) is 0 Å².